The summed E-state index contributed by atoms with van der Waals surface area (Å²) in [6.07, 6.45) is 0.103. The Kier molecular flexibility index (Phi) is 7.05. The van der Waals surface area contributed by atoms with Gasteiger partial charge in [-0.05, 0) is 15.4 Å². The van der Waals surface area contributed by atoms with Crippen LogP contribution in [-0.2, 0) is 9.16 Å². The van der Waals surface area contributed by atoms with Gasteiger partial charge in [-0.25, -0.2) is 9.18 Å². The summed E-state index contributed by atoms with van der Waals surface area (Å²) in [7, 11) is -2.92. The first-order valence-electron chi connectivity index (χ1n) is 12.1. The van der Waals surface area contributed by atoms with Crippen molar-refractivity contribution >= 4 is 18.7 Å². The highest BCUT2D eigenvalue weighted by molar-refractivity contribution is 6.99. The molecule has 1 aromatic heterocycles. The molecule has 1 aliphatic rings. The first kappa shape index (κ1) is 26.0. The number of nitrogens with one attached hydrogen (secondary N) is 1. The summed E-state index contributed by atoms with van der Waals surface area (Å²) in [5, 5.41) is 1.92. The van der Waals surface area contributed by atoms with E-state index in [4.69, 9.17) is 9.16 Å². The number of alkyl halides is 1. The predicted octanol–water partition coefficient (Wildman–Crippen LogP) is 3.54. The fourth-order valence-corrected chi connectivity index (χ4v) is 9.79. The van der Waals surface area contributed by atoms with Crippen LogP contribution < -0.4 is 21.6 Å². The SMILES string of the molecule is C=C[C@]1(CO[Si](c2ccccc2)(c2ccccc2)C(C)(C)C)O[C@@H](n2ccc(=O)[nH]c2=O)[C@H](F)[C@@H]1C. The van der Waals surface area contributed by atoms with Crippen molar-refractivity contribution in [1.82, 2.24) is 9.55 Å². The van der Waals surface area contributed by atoms with Gasteiger partial charge in [0.25, 0.3) is 13.9 Å². The van der Waals surface area contributed by atoms with Crippen LogP contribution >= 0.6 is 0 Å². The Morgan fingerprint density at radius 3 is 2.11 bits per heavy atom. The summed E-state index contributed by atoms with van der Waals surface area (Å²) >= 11 is 0. The topological polar surface area (TPSA) is 73.3 Å². The van der Waals surface area contributed by atoms with Crippen molar-refractivity contribution < 1.29 is 13.6 Å². The Bertz CT molecular complexity index is 1280. The summed E-state index contributed by atoms with van der Waals surface area (Å²) < 4.78 is 30.0. The lowest BCUT2D eigenvalue weighted by Gasteiger charge is -2.45. The maximum absolute atomic E-state index is 15.7. The molecule has 0 spiro atoms. The lowest BCUT2D eigenvalue weighted by atomic mass is 9.88. The van der Waals surface area contributed by atoms with Gasteiger partial charge < -0.3 is 9.16 Å². The molecule has 8 heteroatoms. The van der Waals surface area contributed by atoms with Gasteiger partial charge in [0.05, 0.1) is 6.61 Å². The molecule has 0 bridgehead atoms. The third kappa shape index (κ3) is 4.34. The quantitative estimate of drug-likeness (QED) is 0.391. The molecule has 6 nitrogen and oxygen atoms in total. The fourth-order valence-electron chi connectivity index (χ4n) is 5.19. The smallest absolute Gasteiger partial charge is 0.330 e. The van der Waals surface area contributed by atoms with Crippen molar-refractivity contribution in [3.63, 3.8) is 0 Å². The predicted molar refractivity (Wildman–Crippen MR) is 142 cm³/mol. The van der Waals surface area contributed by atoms with E-state index in [0.29, 0.717) is 0 Å². The molecule has 1 fully saturated rings. The van der Waals surface area contributed by atoms with Gasteiger partial charge in [0, 0.05) is 18.2 Å². The van der Waals surface area contributed by atoms with Crippen LogP contribution in [-0.4, -0.2) is 36.2 Å². The molecule has 1 N–H and O–H groups in total. The van der Waals surface area contributed by atoms with E-state index in [1.54, 1.807) is 13.0 Å². The van der Waals surface area contributed by atoms with Crippen LogP contribution in [0.1, 0.15) is 33.9 Å². The van der Waals surface area contributed by atoms with E-state index in [9.17, 15) is 9.59 Å². The fraction of sp³-hybridized carbons (Fsp3) is 0.357. The minimum Gasteiger partial charge on any atom is -0.404 e. The molecule has 0 saturated carbocycles. The van der Waals surface area contributed by atoms with Gasteiger partial charge >= 0.3 is 5.69 Å². The normalized spacial score (nSPS) is 24.5. The van der Waals surface area contributed by atoms with Crippen LogP contribution in [0, 0.1) is 5.92 Å². The van der Waals surface area contributed by atoms with E-state index < -0.39 is 43.5 Å². The van der Waals surface area contributed by atoms with Gasteiger partial charge in [-0.1, -0.05) is 94.4 Å². The molecular formula is C28H33FN2O4Si. The molecule has 4 atom stereocenters. The molecule has 0 radical (unpaired) electrons. The third-order valence-corrected chi connectivity index (χ3v) is 12.2. The number of benzene rings is 2. The number of nitrogens with zero attached hydrogens (tertiary/aromatic N) is 1. The van der Waals surface area contributed by atoms with Crippen LogP contribution in [0.5, 0.6) is 0 Å². The number of H-pyrrole nitrogens is 1. The first-order valence-corrected chi connectivity index (χ1v) is 14.0. The second kappa shape index (κ2) is 9.76. The molecule has 4 rings (SSSR count). The molecule has 0 unspecified atom stereocenters. The van der Waals surface area contributed by atoms with E-state index in [-0.39, 0.29) is 11.6 Å². The zero-order valence-corrected chi connectivity index (χ0v) is 22.1. The van der Waals surface area contributed by atoms with E-state index >= 15 is 4.39 Å². The zero-order chi connectivity index (χ0) is 26.1. The van der Waals surface area contributed by atoms with Crippen LogP contribution in [0.2, 0.25) is 5.04 Å². The minimum absolute atomic E-state index is 0.0555. The number of rotatable bonds is 7. The number of aromatic nitrogens is 2. The van der Waals surface area contributed by atoms with Gasteiger partial charge in [0.1, 0.15) is 5.60 Å². The molecule has 2 heterocycles. The van der Waals surface area contributed by atoms with Gasteiger partial charge in [-0.3, -0.25) is 14.3 Å². The van der Waals surface area contributed by atoms with Crippen molar-refractivity contribution in [2.24, 2.45) is 5.92 Å². The molecular weight excluding hydrogens is 475 g/mol. The monoisotopic (exact) mass is 508 g/mol. The molecule has 1 saturated heterocycles. The summed E-state index contributed by atoms with van der Waals surface area (Å²) in [4.78, 5) is 26.1. The Labute approximate surface area is 211 Å². The molecule has 190 valence electrons. The van der Waals surface area contributed by atoms with Crippen molar-refractivity contribution in [3.05, 3.63) is 106 Å². The number of aromatic amines is 1. The van der Waals surface area contributed by atoms with Gasteiger partial charge in [0.15, 0.2) is 12.4 Å². The molecule has 3 aromatic rings. The Morgan fingerprint density at radius 2 is 1.64 bits per heavy atom. The lowest BCUT2D eigenvalue weighted by Crippen LogP contribution is -2.67. The average molecular weight is 509 g/mol. The van der Waals surface area contributed by atoms with Crippen LogP contribution in [0.25, 0.3) is 0 Å². The Morgan fingerprint density at radius 1 is 1.08 bits per heavy atom. The maximum atomic E-state index is 15.7. The first-order chi connectivity index (χ1) is 17.1. The standard InChI is InChI=1S/C28H33FN2O4Si/c1-6-28(20(2)24(29)25(35-28)31-18-17-23(32)30-26(31)33)19-34-36(27(3,4)5,21-13-9-7-10-14-21)22-15-11-8-12-16-22/h6-18,20,24-25H,1,19H2,2-5H3,(H,30,32,33)/t20-,24+,25+,28+/m0/s1. The number of ether oxygens (including phenoxy) is 1. The Hall–Kier alpha value is -3.07. The van der Waals surface area contributed by atoms with Crippen molar-refractivity contribution in [2.45, 2.75) is 50.7 Å². The van der Waals surface area contributed by atoms with E-state index in [1.165, 1.54) is 12.3 Å². The highest BCUT2D eigenvalue weighted by Crippen LogP contribution is 2.45. The average Bonchev–Trinajstić information content (AvgIpc) is 3.10. The highest BCUT2D eigenvalue weighted by atomic mass is 28.4. The second-order valence-electron chi connectivity index (χ2n) is 10.4. The summed E-state index contributed by atoms with van der Waals surface area (Å²) in [6, 6.07) is 21.5. The Balaban J connectivity index is 1.78. The third-order valence-electron chi connectivity index (χ3n) is 7.26. The van der Waals surface area contributed by atoms with Crippen molar-refractivity contribution in [2.75, 3.05) is 6.61 Å². The van der Waals surface area contributed by atoms with Crippen LogP contribution in [0.15, 0.2) is 95.2 Å². The zero-order valence-electron chi connectivity index (χ0n) is 21.1. The molecule has 1 aliphatic heterocycles. The minimum atomic E-state index is -2.92. The summed E-state index contributed by atoms with van der Waals surface area (Å²) in [6.45, 7) is 12.3. The second-order valence-corrected chi connectivity index (χ2v) is 14.7. The molecule has 0 aliphatic carbocycles. The number of hydrogen-bond acceptors (Lipinski definition) is 4. The van der Waals surface area contributed by atoms with E-state index in [0.717, 1.165) is 14.9 Å². The van der Waals surface area contributed by atoms with Crippen LogP contribution in [0.3, 0.4) is 0 Å². The van der Waals surface area contributed by atoms with Crippen LogP contribution in [0.4, 0.5) is 4.39 Å². The van der Waals surface area contributed by atoms with Crippen molar-refractivity contribution in [3.8, 4) is 0 Å². The van der Waals surface area contributed by atoms with Gasteiger partial charge in [-0.15, -0.1) is 6.58 Å². The maximum Gasteiger partial charge on any atom is 0.330 e. The van der Waals surface area contributed by atoms with Crippen molar-refractivity contribution in [1.29, 1.82) is 0 Å². The van der Waals surface area contributed by atoms with E-state index in [1.807, 2.05) is 36.4 Å². The number of halogens is 1. The molecule has 2 aromatic carbocycles. The lowest BCUT2D eigenvalue weighted by molar-refractivity contribution is -0.0823. The highest BCUT2D eigenvalue weighted by Gasteiger charge is 2.56. The summed E-state index contributed by atoms with van der Waals surface area (Å²) in [5.74, 6) is -0.656. The molecule has 36 heavy (non-hydrogen) atoms. The summed E-state index contributed by atoms with van der Waals surface area (Å²) in [5.41, 5.74) is -2.47. The largest absolute Gasteiger partial charge is 0.404 e. The number of hydrogen-bond donors (Lipinski definition) is 1. The van der Waals surface area contributed by atoms with Gasteiger partial charge in [-0.2, -0.15) is 0 Å². The molecule has 0 amide bonds. The van der Waals surface area contributed by atoms with Gasteiger partial charge in [0.2, 0.25) is 0 Å². The van der Waals surface area contributed by atoms with E-state index in [2.05, 4.69) is 56.6 Å².